The molecule has 2 aromatic carbocycles. The molecule has 10 heteroatoms. The highest BCUT2D eigenvalue weighted by atomic mass is 32.1. The van der Waals surface area contributed by atoms with E-state index in [9.17, 15) is 23.5 Å². The molecule has 0 bridgehead atoms. The lowest BCUT2D eigenvalue weighted by molar-refractivity contribution is -0.118. The number of aromatic hydroxyl groups is 1. The average molecular weight is 418 g/mol. The number of rotatable bonds is 6. The molecule has 150 valence electrons. The van der Waals surface area contributed by atoms with Crippen LogP contribution in [0.15, 0.2) is 42.5 Å². The molecule has 0 aliphatic carbocycles. The first-order valence-corrected chi connectivity index (χ1v) is 9.14. The Balaban J connectivity index is 2.06. The van der Waals surface area contributed by atoms with Crippen molar-refractivity contribution in [3.63, 3.8) is 0 Å². The quantitative estimate of drug-likeness (QED) is 0.529. The van der Waals surface area contributed by atoms with Gasteiger partial charge in [-0.2, -0.15) is 0 Å². The summed E-state index contributed by atoms with van der Waals surface area (Å²) < 4.78 is 27.1. The van der Waals surface area contributed by atoms with Crippen molar-refractivity contribution in [3.05, 3.63) is 64.5 Å². The number of amides is 1. The maximum atomic E-state index is 13.8. The van der Waals surface area contributed by atoms with Gasteiger partial charge in [0.25, 0.3) is 0 Å². The number of primary amides is 1. The summed E-state index contributed by atoms with van der Waals surface area (Å²) in [5.41, 5.74) is 11.7. The Labute approximate surface area is 168 Å². The van der Waals surface area contributed by atoms with E-state index in [4.69, 9.17) is 11.5 Å². The molecule has 0 saturated carbocycles. The number of nitrogens with zero attached hydrogens (tertiary/aromatic N) is 2. The number of benzene rings is 2. The van der Waals surface area contributed by atoms with Gasteiger partial charge in [-0.05, 0) is 43.3 Å². The molecule has 0 aliphatic rings. The first-order valence-electron chi connectivity index (χ1n) is 8.32. The van der Waals surface area contributed by atoms with E-state index in [1.807, 2.05) is 0 Å². The van der Waals surface area contributed by atoms with Crippen molar-refractivity contribution >= 4 is 39.7 Å². The van der Waals surface area contributed by atoms with Gasteiger partial charge in [-0.25, -0.2) is 13.8 Å². The third kappa shape index (κ3) is 4.02. The number of phenolic OH excluding ortho intramolecular Hbond substituents is 1. The molecule has 1 heterocycles. The molecule has 0 saturated heterocycles. The van der Waals surface area contributed by atoms with Crippen molar-refractivity contribution < 1.29 is 23.5 Å². The van der Waals surface area contributed by atoms with Crippen LogP contribution in [0.1, 0.15) is 22.2 Å². The minimum absolute atomic E-state index is 0.000639. The fourth-order valence-corrected chi connectivity index (χ4v) is 3.64. The van der Waals surface area contributed by atoms with Gasteiger partial charge in [-0.1, -0.05) is 11.3 Å². The molecule has 3 aromatic rings. The van der Waals surface area contributed by atoms with Crippen LogP contribution < -0.4 is 16.4 Å². The number of anilines is 3. The number of nitrogens with two attached hydrogens (primary N) is 2. The van der Waals surface area contributed by atoms with Crippen molar-refractivity contribution in [1.29, 1.82) is 0 Å². The number of aromatic nitrogens is 1. The van der Waals surface area contributed by atoms with Crippen LogP contribution in [0.25, 0.3) is 0 Å². The number of thiazole rings is 1. The number of nitrogen functional groups attached to an aromatic ring is 1. The highest BCUT2D eigenvalue weighted by Crippen LogP contribution is 2.36. The average Bonchev–Trinajstić information content (AvgIpc) is 3.05. The molecule has 0 aliphatic heterocycles. The van der Waals surface area contributed by atoms with Crippen LogP contribution in [0.2, 0.25) is 0 Å². The zero-order chi connectivity index (χ0) is 21.3. The molecule has 3 rings (SSSR count). The third-order valence-electron chi connectivity index (χ3n) is 4.16. The van der Waals surface area contributed by atoms with Gasteiger partial charge in [0.05, 0.1) is 0 Å². The predicted molar refractivity (Wildman–Crippen MR) is 105 cm³/mol. The summed E-state index contributed by atoms with van der Waals surface area (Å²) in [6, 6.07) is 7.64. The van der Waals surface area contributed by atoms with Gasteiger partial charge >= 0.3 is 0 Å². The van der Waals surface area contributed by atoms with E-state index in [-0.39, 0.29) is 32.8 Å². The SMILES string of the molecule is C[C@H](C(N)=O)N(c1ccc(F)c(F)c1)c1nc(N)c(C(=O)c2ccc(O)cc2)s1. The second-order valence-electron chi connectivity index (χ2n) is 6.13. The van der Waals surface area contributed by atoms with Crippen molar-refractivity contribution in [2.45, 2.75) is 13.0 Å². The second-order valence-corrected chi connectivity index (χ2v) is 7.11. The van der Waals surface area contributed by atoms with Crippen LogP contribution in [-0.4, -0.2) is 27.8 Å². The van der Waals surface area contributed by atoms with Crippen molar-refractivity contribution in [3.8, 4) is 5.75 Å². The minimum atomic E-state index is -1.12. The fraction of sp³-hybridized carbons (Fsp3) is 0.105. The van der Waals surface area contributed by atoms with E-state index < -0.39 is 29.4 Å². The Hall–Kier alpha value is -3.53. The lowest BCUT2D eigenvalue weighted by Crippen LogP contribution is -2.40. The van der Waals surface area contributed by atoms with Gasteiger partial charge in [-0.3, -0.25) is 9.59 Å². The van der Waals surface area contributed by atoms with Crippen LogP contribution in [0.5, 0.6) is 5.75 Å². The number of halogens is 2. The number of phenols is 1. The molecule has 0 radical (unpaired) electrons. The van der Waals surface area contributed by atoms with Crippen LogP contribution >= 0.6 is 11.3 Å². The summed E-state index contributed by atoms with van der Waals surface area (Å²) in [5.74, 6) is -3.44. The zero-order valence-corrected chi connectivity index (χ0v) is 15.9. The maximum Gasteiger partial charge on any atom is 0.240 e. The van der Waals surface area contributed by atoms with E-state index in [0.717, 1.165) is 23.5 Å². The molecule has 7 nitrogen and oxygen atoms in total. The largest absolute Gasteiger partial charge is 0.508 e. The summed E-state index contributed by atoms with van der Waals surface area (Å²) in [4.78, 5) is 30.0. The van der Waals surface area contributed by atoms with Gasteiger partial charge in [0.15, 0.2) is 16.8 Å². The zero-order valence-electron chi connectivity index (χ0n) is 15.1. The van der Waals surface area contributed by atoms with Crippen LogP contribution in [-0.2, 0) is 4.79 Å². The van der Waals surface area contributed by atoms with Crippen LogP contribution in [0.4, 0.5) is 25.4 Å². The number of hydrogen-bond donors (Lipinski definition) is 3. The number of ketones is 1. The standard InChI is InChI=1S/C19H16F2N4O3S/c1-9(18(23)28)25(11-4-7-13(20)14(21)8-11)19-24-17(22)16(29-19)15(27)10-2-5-12(26)6-3-10/h2-9,26H,22H2,1H3,(H2,23,28)/t9-/m1/s1. The number of carbonyl (C=O) groups excluding carboxylic acids is 2. The molecule has 29 heavy (non-hydrogen) atoms. The summed E-state index contributed by atoms with van der Waals surface area (Å²) >= 11 is 0.879. The van der Waals surface area contributed by atoms with Gasteiger partial charge in [0.1, 0.15) is 22.5 Å². The van der Waals surface area contributed by atoms with E-state index in [1.54, 1.807) is 0 Å². The Bertz CT molecular complexity index is 1090. The minimum Gasteiger partial charge on any atom is -0.508 e. The molecule has 0 unspecified atom stereocenters. The molecule has 0 fully saturated rings. The van der Waals surface area contributed by atoms with Crippen molar-refractivity contribution in [2.75, 3.05) is 10.6 Å². The lowest BCUT2D eigenvalue weighted by Gasteiger charge is -2.26. The number of hydrogen-bond acceptors (Lipinski definition) is 7. The monoisotopic (exact) mass is 418 g/mol. The maximum absolute atomic E-state index is 13.8. The normalized spacial score (nSPS) is 11.8. The Morgan fingerprint density at radius 1 is 1.14 bits per heavy atom. The summed E-state index contributed by atoms with van der Waals surface area (Å²) in [5, 5.41) is 9.48. The lowest BCUT2D eigenvalue weighted by atomic mass is 10.1. The molecule has 1 atom stereocenters. The van der Waals surface area contributed by atoms with Gasteiger partial charge in [-0.15, -0.1) is 0 Å². The van der Waals surface area contributed by atoms with Crippen LogP contribution in [0, 0.1) is 11.6 Å². The topological polar surface area (TPSA) is 123 Å². The molecule has 1 amide bonds. The highest BCUT2D eigenvalue weighted by molar-refractivity contribution is 7.18. The molecular weight excluding hydrogens is 402 g/mol. The Kier molecular flexibility index (Phi) is 5.46. The van der Waals surface area contributed by atoms with E-state index >= 15 is 0 Å². The number of carbonyl (C=O) groups is 2. The van der Waals surface area contributed by atoms with Gasteiger partial charge < -0.3 is 21.5 Å². The fourth-order valence-electron chi connectivity index (χ4n) is 2.59. The van der Waals surface area contributed by atoms with E-state index in [1.165, 1.54) is 42.2 Å². The summed E-state index contributed by atoms with van der Waals surface area (Å²) in [7, 11) is 0. The Morgan fingerprint density at radius 2 is 1.79 bits per heavy atom. The highest BCUT2D eigenvalue weighted by Gasteiger charge is 2.28. The van der Waals surface area contributed by atoms with Crippen molar-refractivity contribution in [1.82, 2.24) is 4.98 Å². The third-order valence-corrected chi connectivity index (χ3v) is 5.23. The molecule has 0 spiro atoms. The van der Waals surface area contributed by atoms with E-state index in [2.05, 4.69) is 4.98 Å². The predicted octanol–water partition coefficient (Wildman–Crippen LogP) is 2.95. The first kappa shape index (κ1) is 20.2. The van der Waals surface area contributed by atoms with E-state index in [0.29, 0.717) is 0 Å². The van der Waals surface area contributed by atoms with Gasteiger partial charge in [0.2, 0.25) is 11.7 Å². The first-order chi connectivity index (χ1) is 13.7. The van der Waals surface area contributed by atoms with Crippen molar-refractivity contribution in [2.24, 2.45) is 5.73 Å². The Morgan fingerprint density at radius 3 is 2.38 bits per heavy atom. The molecule has 5 N–H and O–H groups in total. The molecular formula is C19H16F2N4O3S. The van der Waals surface area contributed by atoms with Crippen LogP contribution in [0.3, 0.4) is 0 Å². The smallest absolute Gasteiger partial charge is 0.240 e. The summed E-state index contributed by atoms with van der Waals surface area (Å²) in [6.07, 6.45) is 0. The van der Waals surface area contributed by atoms with Gasteiger partial charge in [0, 0.05) is 17.3 Å². The summed E-state index contributed by atoms with van der Waals surface area (Å²) in [6.45, 7) is 1.46. The second kappa shape index (κ2) is 7.84. The molecule has 1 aromatic heterocycles.